The molecule has 0 radical (unpaired) electrons. The summed E-state index contributed by atoms with van der Waals surface area (Å²) in [7, 11) is -0.121. The van der Waals surface area contributed by atoms with E-state index in [0.29, 0.717) is 0 Å². The Labute approximate surface area is 82.6 Å². The second kappa shape index (κ2) is 6.22. The Morgan fingerprint density at radius 2 is 1.92 bits per heavy atom. The van der Waals surface area contributed by atoms with Crippen molar-refractivity contribution in [2.24, 2.45) is 0 Å². The number of hydrogen-bond acceptors (Lipinski definition) is 0. The molecule has 0 aromatic rings. The summed E-state index contributed by atoms with van der Waals surface area (Å²) in [6.45, 7) is 2.26. The van der Waals surface area contributed by atoms with Gasteiger partial charge in [0, 0.05) is 0 Å². The van der Waals surface area contributed by atoms with E-state index < -0.39 is 0 Å². The van der Waals surface area contributed by atoms with E-state index in [0.717, 1.165) is 5.66 Å². The zero-order chi connectivity index (χ0) is 8.81. The highest BCUT2D eigenvalue weighted by molar-refractivity contribution is 7.84. The third kappa shape index (κ3) is 3.62. The van der Waals surface area contributed by atoms with Crippen LogP contribution in [-0.4, -0.2) is 11.8 Å². The normalized spacial score (nSPS) is 21.5. The molecule has 12 heavy (non-hydrogen) atoms. The lowest BCUT2D eigenvalue weighted by Gasteiger charge is -2.15. The molecule has 1 atom stereocenters. The smallest absolute Gasteiger partial charge is 0.00656 e. The molecule has 0 aliphatic heterocycles. The van der Waals surface area contributed by atoms with Crippen molar-refractivity contribution in [3.63, 3.8) is 0 Å². The van der Waals surface area contributed by atoms with Gasteiger partial charge in [-0.2, -0.15) is 0 Å². The zero-order valence-electron chi connectivity index (χ0n) is 8.06. The predicted octanol–water partition coefficient (Wildman–Crippen LogP) is 4.75. The van der Waals surface area contributed by atoms with E-state index in [1.807, 2.05) is 0 Å². The molecular weight excluding hydrogens is 187 g/mol. The van der Waals surface area contributed by atoms with Crippen molar-refractivity contribution in [3.8, 4) is 0 Å². The van der Waals surface area contributed by atoms with Gasteiger partial charge in [-0.3, -0.25) is 0 Å². The van der Waals surface area contributed by atoms with Crippen molar-refractivity contribution in [1.82, 2.24) is 0 Å². The van der Waals surface area contributed by atoms with Crippen molar-refractivity contribution in [2.75, 3.05) is 6.16 Å². The largest absolute Gasteiger partial charge is 0.0961 e. The van der Waals surface area contributed by atoms with Crippen LogP contribution >= 0.6 is 18.5 Å². The van der Waals surface area contributed by atoms with Gasteiger partial charge in [-0.1, -0.05) is 43.8 Å². The summed E-state index contributed by atoms with van der Waals surface area (Å²) in [5.41, 5.74) is 0.915. The molecule has 0 aromatic carbocycles. The van der Waals surface area contributed by atoms with Gasteiger partial charge >= 0.3 is 0 Å². The first kappa shape index (κ1) is 10.8. The second-order valence-corrected chi connectivity index (χ2v) is 7.05. The number of unbranched alkanes of at least 4 members (excludes halogenated alkanes) is 2. The lowest BCUT2D eigenvalue weighted by molar-refractivity contribution is 0.771. The summed E-state index contributed by atoms with van der Waals surface area (Å²) < 4.78 is 0. The van der Waals surface area contributed by atoms with E-state index >= 15 is 0 Å². The predicted molar refractivity (Wildman–Crippen MR) is 59.4 cm³/mol. The van der Waals surface area contributed by atoms with Crippen molar-refractivity contribution >= 4 is 18.5 Å². The van der Waals surface area contributed by atoms with Gasteiger partial charge in [-0.05, 0) is 38.4 Å². The fourth-order valence-electron chi connectivity index (χ4n) is 1.88. The molecule has 1 rings (SSSR count). The van der Waals surface area contributed by atoms with Gasteiger partial charge in [0.15, 0.2) is 0 Å². The molecule has 0 bridgehead atoms. The maximum atomic E-state index is 6.39. The minimum Gasteiger partial charge on any atom is -0.0961 e. The van der Waals surface area contributed by atoms with Gasteiger partial charge < -0.3 is 0 Å². The van der Waals surface area contributed by atoms with Crippen LogP contribution in [0.25, 0.3) is 0 Å². The molecule has 0 amide bonds. The van der Waals surface area contributed by atoms with E-state index in [4.69, 9.17) is 11.2 Å². The SMILES string of the molecule is CCCCCP(Cl)C1CCCC1. The molecule has 0 spiro atoms. The van der Waals surface area contributed by atoms with E-state index in [9.17, 15) is 0 Å². The first-order chi connectivity index (χ1) is 5.84. The van der Waals surface area contributed by atoms with Gasteiger partial charge in [-0.15, -0.1) is 0 Å². The average Bonchev–Trinajstić information content (AvgIpc) is 2.56. The molecule has 0 heterocycles. The standard InChI is InChI=1S/C10H20ClP/c1-2-3-6-9-12(11)10-7-4-5-8-10/h10H,2-9H2,1H3. The molecule has 72 valence electrons. The Bertz CT molecular complexity index is 110. The summed E-state index contributed by atoms with van der Waals surface area (Å²) in [6, 6.07) is 0. The molecule has 1 aliphatic rings. The first-order valence-electron chi connectivity index (χ1n) is 5.27. The fraction of sp³-hybridized carbons (Fsp3) is 1.00. The number of rotatable bonds is 5. The van der Waals surface area contributed by atoms with Gasteiger partial charge in [0.2, 0.25) is 0 Å². The molecule has 0 nitrogen and oxygen atoms in total. The third-order valence-corrected chi connectivity index (χ3v) is 6.08. The third-order valence-electron chi connectivity index (χ3n) is 2.70. The van der Waals surface area contributed by atoms with Crippen LogP contribution in [0.3, 0.4) is 0 Å². The van der Waals surface area contributed by atoms with Crippen LogP contribution in [0.1, 0.15) is 51.9 Å². The van der Waals surface area contributed by atoms with Crippen LogP contribution in [0.2, 0.25) is 0 Å². The second-order valence-electron chi connectivity index (χ2n) is 3.77. The van der Waals surface area contributed by atoms with Crippen molar-refractivity contribution in [1.29, 1.82) is 0 Å². The summed E-state index contributed by atoms with van der Waals surface area (Å²) in [6.07, 6.45) is 11.1. The monoisotopic (exact) mass is 206 g/mol. The van der Waals surface area contributed by atoms with E-state index in [1.165, 1.54) is 51.1 Å². The molecule has 0 saturated heterocycles. The van der Waals surface area contributed by atoms with Gasteiger partial charge in [-0.25, -0.2) is 0 Å². The summed E-state index contributed by atoms with van der Waals surface area (Å²) >= 11 is 6.39. The average molecular weight is 207 g/mol. The minimum absolute atomic E-state index is 0.121. The highest BCUT2D eigenvalue weighted by Gasteiger charge is 2.22. The van der Waals surface area contributed by atoms with E-state index in [-0.39, 0.29) is 7.27 Å². The summed E-state index contributed by atoms with van der Waals surface area (Å²) in [5.74, 6) is 0. The van der Waals surface area contributed by atoms with Crippen LogP contribution in [0, 0.1) is 0 Å². The van der Waals surface area contributed by atoms with E-state index in [2.05, 4.69) is 6.92 Å². The molecule has 1 aliphatic carbocycles. The lowest BCUT2D eigenvalue weighted by atomic mass is 10.3. The quantitative estimate of drug-likeness (QED) is 0.450. The molecule has 1 fully saturated rings. The Kier molecular flexibility index (Phi) is 5.59. The minimum atomic E-state index is -0.121. The summed E-state index contributed by atoms with van der Waals surface area (Å²) in [5, 5.41) is 0. The molecule has 0 aromatic heterocycles. The summed E-state index contributed by atoms with van der Waals surface area (Å²) in [4.78, 5) is 0. The Morgan fingerprint density at radius 1 is 1.25 bits per heavy atom. The molecule has 0 N–H and O–H groups in total. The van der Waals surface area contributed by atoms with Crippen LogP contribution in [0.15, 0.2) is 0 Å². The topological polar surface area (TPSA) is 0 Å². The van der Waals surface area contributed by atoms with E-state index in [1.54, 1.807) is 0 Å². The van der Waals surface area contributed by atoms with Crippen LogP contribution in [0.5, 0.6) is 0 Å². The highest BCUT2D eigenvalue weighted by atomic mass is 35.7. The Balaban J connectivity index is 2.05. The Hall–Kier alpha value is 0.720. The molecule has 1 saturated carbocycles. The maximum Gasteiger partial charge on any atom is -0.00656 e. The van der Waals surface area contributed by atoms with Crippen molar-refractivity contribution < 1.29 is 0 Å². The van der Waals surface area contributed by atoms with Crippen LogP contribution in [0.4, 0.5) is 0 Å². The van der Waals surface area contributed by atoms with Crippen molar-refractivity contribution in [3.05, 3.63) is 0 Å². The molecule has 2 heteroatoms. The van der Waals surface area contributed by atoms with Crippen LogP contribution in [-0.2, 0) is 0 Å². The molecular formula is C10H20ClP. The zero-order valence-corrected chi connectivity index (χ0v) is 9.71. The Morgan fingerprint density at radius 3 is 2.50 bits per heavy atom. The lowest BCUT2D eigenvalue weighted by Crippen LogP contribution is -1.97. The number of halogens is 1. The number of hydrogen-bond donors (Lipinski definition) is 0. The van der Waals surface area contributed by atoms with Gasteiger partial charge in [0.1, 0.15) is 0 Å². The van der Waals surface area contributed by atoms with Crippen molar-refractivity contribution in [2.45, 2.75) is 57.5 Å². The van der Waals surface area contributed by atoms with Crippen LogP contribution < -0.4 is 0 Å². The molecule has 1 unspecified atom stereocenters. The fourth-order valence-corrected chi connectivity index (χ4v) is 4.64. The maximum absolute atomic E-state index is 6.39. The first-order valence-corrected chi connectivity index (χ1v) is 7.77. The highest BCUT2D eigenvalue weighted by Crippen LogP contribution is 2.53. The van der Waals surface area contributed by atoms with Gasteiger partial charge in [0.05, 0.1) is 0 Å². The van der Waals surface area contributed by atoms with Gasteiger partial charge in [0.25, 0.3) is 0 Å².